The minimum atomic E-state index is -3.77. The first-order valence-corrected chi connectivity index (χ1v) is 15.6. The highest BCUT2D eigenvalue weighted by Gasteiger charge is 2.42. The van der Waals surface area contributed by atoms with Crippen molar-refractivity contribution in [3.05, 3.63) is 64.4 Å². The molecule has 0 unspecified atom stereocenters. The third-order valence-electron chi connectivity index (χ3n) is 8.16. The van der Waals surface area contributed by atoms with Crippen LogP contribution in [0.4, 0.5) is 0 Å². The molecule has 2 aliphatic carbocycles. The van der Waals surface area contributed by atoms with Crippen molar-refractivity contribution in [3.63, 3.8) is 0 Å². The monoisotopic (exact) mass is 554 g/mol. The summed E-state index contributed by atoms with van der Waals surface area (Å²) in [5, 5.41) is 9.02. The van der Waals surface area contributed by atoms with Gasteiger partial charge < -0.3 is 5.32 Å². The van der Waals surface area contributed by atoms with Gasteiger partial charge in [0.2, 0.25) is 15.9 Å². The van der Waals surface area contributed by atoms with Crippen LogP contribution in [0.25, 0.3) is 10.9 Å². The molecule has 5 rings (SSSR count). The van der Waals surface area contributed by atoms with Crippen LogP contribution in [0.15, 0.2) is 63.4 Å². The summed E-state index contributed by atoms with van der Waals surface area (Å²) in [4.78, 5) is 31.4. The molecular formula is C28H34N4O4S2. The second-order valence-electron chi connectivity index (χ2n) is 10.7. The number of carbonyl (C=O) groups excluding carboxylic acids is 1. The molecule has 1 amide bonds. The zero-order valence-electron chi connectivity index (χ0n) is 21.7. The van der Waals surface area contributed by atoms with Gasteiger partial charge in [0, 0.05) is 12.6 Å². The van der Waals surface area contributed by atoms with Crippen molar-refractivity contribution < 1.29 is 13.2 Å². The summed E-state index contributed by atoms with van der Waals surface area (Å²) in [6.45, 7) is 4.31. The number of primary sulfonamides is 1. The molecule has 8 nitrogen and oxygen atoms in total. The van der Waals surface area contributed by atoms with E-state index in [1.165, 1.54) is 49.6 Å². The van der Waals surface area contributed by atoms with Crippen LogP contribution in [0.2, 0.25) is 0 Å². The van der Waals surface area contributed by atoms with Gasteiger partial charge in [0.15, 0.2) is 5.16 Å². The van der Waals surface area contributed by atoms with Gasteiger partial charge in [-0.3, -0.25) is 14.2 Å². The standard InChI is InChI=1S/C28H34N4O4S2/c1-17(24-16-20-7-10-21(24)15-20)30-26(33)18(2)37-28-31-25-6-4-3-5-23(25)27(34)32(28)14-13-19-8-11-22(12-9-19)38(29,35)36/h3-6,8-9,11-12,17-18,20-21,24H,7,10,13-16H2,1-2H3,(H,30,33)(H2,29,35,36)/t17-,18-,20-,21-,24-/m0/s1. The molecule has 0 spiro atoms. The molecule has 2 fully saturated rings. The Morgan fingerprint density at radius 1 is 1.13 bits per heavy atom. The van der Waals surface area contributed by atoms with Crippen molar-refractivity contribution in [2.45, 2.75) is 73.8 Å². The number of para-hydroxylation sites is 1. The molecule has 0 aliphatic heterocycles. The Labute approximate surface area is 227 Å². The van der Waals surface area contributed by atoms with E-state index < -0.39 is 15.3 Å². The van der Waals surface area contributed by atoms with Crippen LogP contribution >= 0.6 is 11.8 Å². The summed E-state index contributed by atoms with van der Waals surface area (Å²) in [7, 11) is -3.77. The first kappa shape index (κ1) is 26.9. The van der Waals surface area contributed by atoms with Gasteiger partial charge in [0.05, 0.1) is 21.0 Å². The Bertz CT molecular complexity index is 1500. The number of nitrogens with two attached hydrogens (primary N) is 1. The first-order valence-electron chi connectivity index (χ1n) is 13.2. The molecule has 2 bridgehead atoms. The Morgan fingerprint density at radius 2 is 1.87 bits per heavy atom. The number of aryl methyl sites for hydroxylation is 1. The zero-order chi connectivity index (χ0) is 27.0. The number of thioether (sulfide) groups is 1. The summed E-state index contributed by atoms with van der Waals surface area (Å²) in [6, 6.07) is 13.7. The fourth-order valence-corrected chi connectivity index (χ4v) is 7.55. The average Bonchev–Trinajstić information content (AvgIpc) is 3.52. The van der Waals surface area contributed by atoms with E-state index in [1.807, 2.05) is 19.1 Å². The van der Waals surface area contributed by atoms with E-state index in [4.69, 9.17) is 10.1 Å². The van der Waals surface area contributed by atoms with Crippen molar-refractivity contribution in [1.82, 2.24) is 14.9 Å². The first-order chi connectivity index (χ1) is 18.1. The third-order valence-corrected chi connectivity index (χ3v) is 10.2. The van der Waals surface area contributed by atoms with Gasteiger partial charge in [-0.2, -0.15) is 0 Å². The number of nitrogens with zero attached hydrogens (tertiary/aromatic N) is 2. The molecular weight excluding hydrogens is 520 g/mol. The number of hydrogen-bond acceptors (Lipinski definition) is 6. The number of fused-ring (bicyclic) bond motifs is 3. The lowest BCUT2D eigenvalue weighted by molar-refractivity contribution is -0.121. The van der Waals surface area contributed by atoms with E-state index in [2.05, 4.69) is 12.2 Å². The lowest BCUT2D eigenvalue weighted by Gasteiger charge is -2.29. The van der Waals surface area contributed by atoms with E-state index in [-0.39, 0.29) is 22.4 Å². The molecule has 3 N–H and O–H groups in total. The van der Waals surface area contributed by atoms with Gasteiger partial charge in [-0.05, 0) is 87.1 Å². The smallest absolute Gasteiger partial charge is 0.262 e. The minimum absolute atomic E-state index is 0.0431. The van der Waals surface area contributed by atoms with Crippen molar-refractivity contribution in [3.8, 4) is 0 Å². The summed E-state index contributed by atoms with van der Waals surface area (Å²) < 4.78 is 24.7. The van der Waals surface area contributed by atoms with Crippen molar-refractivity contribution in [2.24, 2.45) is 22.9 Å². The maximum Gasteiger partial charge on any atom is 0.262 e. The fraction of sp³-hybridized carbons (Fsp3) is 0.464. The lowest BCUT2D eigenvalue weighted by atomic mass is 9.84. The average molecular weight is 555 g/mol. The lowest BCUT2D eigenvalue weighted by Crippen LogP contribution is -2.43. The van der Waals surface area contributed by atoms with Gasteiger partial charge in [-0.1, -0.05) is 42.4 Å². The molecule has 202 valence electrons. The molecule has 38 heavy (non-hydrogen) atoms. The largest absolute Gasteiger partial charge is 0.352 e. The Hall–Kier alpha value is -2.69. The molecule has 10 heteroatoms. The molecule has 2 aliphatic rings. The highest BCUT2D eigenvalue weighted by atomic mass is 32.2. The van der Waals surface area contributed by atoms with Crippen LogP contribution in [0.5, 0.6) is 0 Å². The number of nitrogens with one attached hydrogen (secondary N) is 1. The summed E-state index contributed by atoms with van der Waals surface area (Å²) in [5.74, 6) is 2.05. The number of sulfonamides is 1. The van der Waals surface area contributed by atoms with Crippen LogP contribution in [-0.4, -0.2) is 35.2 Å². The molecule has 5 atom stereocenters. The normalized spacial score (nSPS) is 22.4. The predicted molar refractivity (Wildman–Crippen MR) is 149 cm³/mol. The fourth-order valence-electron chi connectivity index (χ4n) is 6.09. The van der Waals surface area contributed by atoms with Crippen molar-refractivity contribution in [2.75, 3.05) is 0 Å². The molecule has 0 radical (unpaired) electrons. The van der Waals surface area contributed by atoms with E-state index in [9.17, 15) is 18.0 Å². The van der Waals surface area contributed by atoms with Crippen molar-refractivity contribution in [1.29, 1.82) is 0 Å². The quantitative estimate of drug-likeness (QED) is 0.307. The summed E-state index contributed by atoms with van der Waals surface area (Å²) >= 11 is 1.29. The van der Waals surface area contributed by atoms with Crippen LogP contribution in [0, 0.1) is 17.8 Å². The van der Waals surface area contributed by atoms with E-state index in [0.717, 1.165) is 17.4 Å². The topological polar surface area (TPSA) is 124 Å². The number of hydrogen-bond donors (Lipinski definition) is 2. The van der Waals surface area contributed by atoms with Crippen molar-refractivity contribution >= 4 is 38.6 Å². The van der Waals surface area contributed by atoms with Crippen LogP contribution in [-0.2, 0) is 27.8 Å². The maximum absolute atomic E-state index is 13.4. The second-order valence-corrected chi connectivity index (χ2v) is 13.6. The number of benzene rings is 2. The maximum atomic E-state index is 13.4. The second kappa shape index (κ2) is 10.8. The minimum Gasteiger partial charge on any atom is -0.352 e. The van der Waals surface area contributed by atoms with Gasteiger partial charge >= 0.3 is 0 Å². The Morgan fingerprint density at radius 3 is 2.53 bits per heavy atom. The Balaban J connectivity index is 1.33. The predicted octanol–water partition coefficient (Wildman–Crippen LogP) is 3.71. The number of aromatic nitrogens is 2. The molecule has 2 saturated carbocycles. The summed E-state index contributed by atoms with van der Waals surface area (Å²) in [6.07, 6.45) is 5.60. The van der Waals surface area contributed by atoms with E-state index in [1.54, 1.807) is 28.8 Å². The highest BCUT2D eigenvalue weighted by Crippen LogP contribution is 2.49. The van der Waals surface area contributed by atoms with Gasteiger partial charge in [0.25, 0.3) is 5.56 Å². The highest BCUT2D eigenvalue weighted by molar-refractivity contribution is 8.00. The van der Waals surface area contributed by atoms with E-state index >= 15 is 0 Å². The zero-order valence-corrected chi connectivity index (χ0v) is 23.3. The van der Waals surface area contributed by atoms with Gasteiger partial charge in [-0.25, -0.2) is 18.5 Å². The van der Waals surface area contributed by atoms with Gasteiger partial charge in [-0.15, -0.1) is 0 Å². The third kappa shape index (κ3) is 5.67. The molecule has 0 saturated heterocycles. The number of carbonyl (C=O) groups is 1. The molecule has 1 heterocycles. The SMILES string of the molecule is C[C@H](Sc1nc2ccccc2c(=O)n1CCc1ccc(S(N)(=O)=O)cc1)C(=O)N[C@@H](C)[C@@H]1C[C@H]2CC[C@H]1C2. The van der Waals surface area contributed by atoms with E-state index in [0.29, 0.717) is 34.9 Å². The Kier molecular flexibility index (Phi) is 7.66. The summed E-state index contributed by atoms with van der Waals surface area (Å²) in [5.41, 5.74) is 1.29. The van der Waals surface area contributed by atoms with Crippen LogP contribution < -0.4 is 16.0 Å². The van der Waals surface area contributed by atoms with Crippen LogP contribution in [0.3, 0.4) is 0 Å². The van der Waals surface area contributed by atoms with Crippen LogP contribution in [0.1, 0.15) is 45.1 Å². The van der Waals surface area contributed by atoms with Gasteiger partial charge in [0.1, 0.15) is 0 Å². The number of rotatable bonds is 9. The molecule has 1 aromatic heterocycles. The molecule has 3 aromatic rings. The molecule has 2 aromatic carbocycles. The number of amides is 1.